The van der Waals surface area contributed by atoms with Crippen molar-refractivity contribution in [3.8, 4) is 0 Å². The third kappa shape index (κ3) is 5.00. The summed E-state index contributed by atoms with van der Waals surface area (Å²) in [6.07, 6.45) is 9.22. The molecule has 1 saturated heterocycles. The highest BCUT2D eigenvalue weighted by atomic mass is 16.5. The van der Waals surface area contributed by atoms with Gasteiger partial charge in [0.2, 0.25) is 11.8 Å². The van der Waals surface area contributed by atoms with E-state index in [1.165, 1.54) is 19.3 Å². The van der Waals surface area contributed by atoms with Crippen LogP contribution in [-0.4, -0.2) is 58.4 Å². The zero-order valence-electron chi connectivity index (χ0n) is 18.5. The van der Waals surface area contributed by atoms with E-state index in [0.29, 0.717) is 62.8 Å². The molecule has 1 aliphatic carbocycles. The highest BCUT2D eigenvalue weighted by molar-refractivity contribution is 5.77. The van der Waals surface area contributed by atoms with Crippen LogP contribution in [0.3, 0.4) is 0 Å². The van der Waals surface area contributed by atoms with Crippen molar-refractivity contribution in [1.82, 2.24) is 19.8 Å². The number of methoxy groups -OCH3 is 1. The molecule has 2 aliphatic heterocycles. The van der Waals surface area contributed by atoms with Crippen molar-refractivity contribution in [1.29, 1.82) is 0 Å². The normalized spacial score (nSPS) is 21.9. The van der Waals surface area contributed by atoms with Crippen LogP contribution in [0.4, 0.5) is 0 Å². The molecular weight excluding hydrogens is 396 g/mol. The Bertz CT molecular complexity index is 862. The smallest absolute Gasteiger partial charge is 0.256 e. The van der Waals surface area contributed by atoms with Gasteiger partial charge < -0.3 is 19.5 Å². The average Bonchev–Trinajstić information content (AvgIpc) is 3.28. The van der Waals surface area contributed by atoms with Gasteiger partial charge in [0, 0.05) is 33.0 Å². The Balaban J connectivity index is 1.45. The Labute approximate surface area is 183 Å². The summed E-state index contributed by atoms with van der Waals surface area (Å²) in [6.45, 7) is 2.01. The Hall–Kier alpha value is -2.22. The van der Waals surface area contributed by atoms with Gasteiger partial charge in [-0.2, -0.15) is 0 Å². The van der Waals surface area contributed by atoms with Crippen LogP contribution in [0.1, 0.15) is 80.9 Å². The molecular formula is C23H34N4O4. The van der Waals surface area contributed by atoms with E-state index in [2.05, 4.69) is 4.98 Å². The summed E-state index contributed by atoms with van der Waals surface area (Å²) in [5.41, 5.74) is 1.20. The van der Waals surface area contributed by atoms with Crippen molar-refractivity contribution in [2.75, 3.05) is 26.8 Å². The number of nitrogens with zero attached hydrogens (tertiary/aromatic N) is 3. The molecule has 0 radical (unpaired) electrons. The predicted molar refractivity (Wildman–Crippen MR) is 115 cm³/mol. The van der Waals surface area contributed by atoms with Crippen molar-refractivity contribution in [2.45, 2.75) is 76.8 Å². The molecule has 0 spiro atoms. The molecule has 1 aromatic rings. The summed E-state index contributed by atoms with van der Waals surface area (Å²) >= 11 is 0. The van der Waals surface area contributed by atoms with Gasteiger partial charge in [0.1, 0.15) is 5.82 Å². The number of amides is 2. The number of nitrogens with one attached hydrogen (secondary N) is 1. The van der Waals surface area contributed by atoms with Crippen molar-refractivity contribution in [3.05, 3.63) is 27.4 Å². The SMILES string of the molecule is COCCC(=O)N1CCCC1c1nc2c(c(=O)[nH]1)CN(C(=O)CC1CCCCC1)CC2. The second kappa shape index (κ2) is 9.94. The maximum Gasteiger partial charge on any atom is 0.256 e. The second-order valence-electron chi connectivity index (χ2n) is 9.14. The largest absolute Gasteiger partial charge is 0.384 e. The van der Waals surface area contributed by atoms with Crippen LogP contribution < -0.4 is 5.56 Å². The van der Waals surface area contributed by atoms with Crippen LogP contribution in [0.5, 0.6) is 0 Å². The van der Waals surface area contributed by atoms with E-state index in [0.717, 1.165) is 31.4 Å². The zero-order chi connectivity index (χ0) is 21.8. The van der Waals surface area contributed by atoms with Crippen molar-refractivity contribution >= 4 is 11.8 Å². The first-order valence-electron chi connectivity index (χ1n) is 11.7. The Morgan fingerprint density at radius 2 is 1.90 bits per heavy atom. The predicted octanol–water partition coefficient (Wildman–Crippen LogP) is 2.32. The summed E-state index contributed by atoms with van der Waals surface area (Å²) in [7, 11) is 1.58. The average molecular weight is 431 g/mol. The summed E-state index contributed by atoms with van der Waals surface area (Å²) in [5.74, 6) is 1.26. The number of carbonyl (C=O) groups excluding carboxylic acids is 2. The standard InChI is InChI=1S/C23H34N4O4/c1-31-13-10-20(28)27-11-5-8-19(27)22-24-18-9-12-26(15-17(18)23(30)25-22)21(29)14-16-6-3-2-4-7-16/h16,19H,2-15H2,1H3,(H,24,25,30). The van der Waals surface area contributed by atoms with Crippen LogP contribution in [0, 0.1) is 5.92 Å². The van der Waals surface area contributed by atoms with Crippen LogP contribution in [-0.2, 0) is 27.3 Å². The number of aromatic amines is 1. The Morgan fingerprint density at radius 1 is 1.10 bits per heavy atom. The molecule has 2 amide bonds. The lowest BCUT2D eigenvalue weighted by molar-refractivity contribution is -0.134. The van der Waals surface area contributed by atoms with E-state index in [-0.39, 0.29) is 23.4 Å². The molecule has 3 heterocycles. The van der Waals surface area contributed by atoms with Gasteiger partial charge in [0.15, 0.2) is 0 Å². The van der Waals surface area contributed by atoms with Gasteiger partial charge in [-0.05, 0) is 31.6 Å². The molecule has 1 saturated carbocycles. The summed E-state index contributed by atoms with van der Waals surface area (Å²) in [5, 5.41) is 0. The first kappa shape index (κ1) is 22.0. The molecule has 1 aromatic heterocycles. The van der Waals surface area contributed by atoms with E-state index in [1.54, 1.807) is 7.11 Å². The maximum absolute atomic E-state index is 12.9. The second-order valence-corrected chi connectivity index (χ2v) is 9.14. The lowest BCUT2D eigenvalue weighted by Gasteiger charge is -2.31. The van der Waals surface area contributed by atoms with Crippen LogP contribution in [0.15, 0.2) is 4.79 Å². The number of hydrogen-bond acceptors (Lipinski definition) is 5. The van der Waals surface area contributed by atoms with Crippen LogP contribution >= 0.6 is 0 Å². The zero-order valence-corrected chi connectivity index (χ0v) is 18.5. The van der Waals surface area contributed by atoms with Gasteiger partial charge in [-0.15, -0.1) is 0 Å². The van der Waals surface area contributed by atoms with Crippen molar-refractivity contribution in [2.24, 2.45) is 5.92 Å². The highest BCUT2D eigenvalue weighted by Crippen LogP contribution is 2.31. The number of rotatable bonds is 6. The molecule has 31 heavy (non-hydrogen) atoms. The fraction of sp³-hybridized carbons (Fsp3) is 0.739. The molecule has 8 heteroatoms. The topological polar surface area (TPSA) is 95.6 Å². The van der Waals surface area contributed by atoms with E-state index < -0.39 is 0 Å². The number of hydrogen-bond donors (Lipinski definition) is 1. The summed E-state index contributed by atoms with van der Waals surface area (Å²) in [6, 6.07) is -0.187. The molecule has 1 atom stereocenters. The number of carbonyl (C=O) groups is 2. The quantitative estimate of drug-likeness (QED) is 0.747. The summed E-state index contributed by atoms with van der Waals surface area (Å²) in [4.78, 5) is 49.5. The van der Waals surface area contributed by atoms with Crippen molar-refractivity contribution < 1.29 is 14.3 Å². The minimum Gasteiger partial charge on any atom is -0.384 e. The van der Waals surface area contributed by atoms with Gasteiger partial charge in [0.05, 0.1) is 36.9 Å². The van der Waals surface area contributed by atoms with Gasteiger partial charge in [-0.25, -0.2) is 4.98 Å². The first-order valence-corrected chi connectivity index (χ1v) is 11.7. The molecule has 1 N–H and O–H groups in total. The van der Waals surface area contributed by atoms with Gasteiger partial charge >= 0.3 is 0 Å². The Morgan fingerprint density at radius 3 is 2.68 bits per heavy atom. The molecule has 4 rings (SSSR count). The Kier molecular flexibility index (Phi) is 7.05. The van der Waals surface area contributed by atoms with Gasteiger partial charge in [0.25, 0.3) is 5.56 Å². The first-order chi connectivity index (χ1) is 15.1. The summed E-state index contributed by atoms with van der Waals surface area (Å²) < 4.78 is 5.03. The molecule has 170 valence electrons. The fourth-order valence-electron chi connectivity index (χ4n) is 5.26. The number of fused-ring (bicyclic) bond motifs is 1. The number of ether oxygens (including phenoxy) is 1. The molecule has 1 unspecified atom stereocenters. The number of likely N-dealkylation sites (tertiary alicyclic amines) is 1. The molecule has 2 fully saturated rings. The van der Waals surface area contributed by atoms with E-state index >= 15 is 0 Å². The minimum atomic E-state index is -0.187. The fourth-order valence-corrected chi connectivity index (χ4v) is 5.26. The van der Waals surface area contributed by atoms with Gasteiger partial charge in [-0.3, -0.25) is 14.4 Å². The molecule has 8 nitrogen and oxygen atoms in total. The number of H-pyrrole nitrogens is 1. The van der Waals surface area contributed by atoms with E-state index in [9.17, 15) is 14.4 Å². The monoisotopic (exact) mass is 430 g/mol. The lowest BCUT2D eigenvalue weighted by Crippen LogP contribution is -2.41. The van der Waals surface area contributed by atoms with Crippen LogP contribution in [0.25, 0.3) is 0 Å². The van der Waals surface area contributed by atoms with Crippen molar-refractivity contribution in [3.63, 3.8) is 0 Å². The lowest BCUT2D eigenvalue weighted by atomic mass is 9.86. The third-order valence-corrected chi connectivity index (χ3v) is 7.04. The van der Waals surface area contributed by atoms with E-state index in [4.69, 9.17) is 9.72 Å². The van der Waals surface area contributed by atoms with Gasteiger partial charge in [-0.1, -0.05) is 19.3 Å². The minimum absolute atomic E-state index is 0.0317. The van der Waals surface area contributed by atoms with E-state index in [1.807, 2.05) is 9.80 Å². The third-order valence-electron chi connectivity index (χ3n) is 7.04. The molecule has 3 aliphatic rings. The maximum atomic E-state index is 12.9. The highest BCUT2D eigenvalue weighted by Gasteiger charge is 2.33. The number of aromatic nitrogens is 2. The molecule has 0 bridgehead atoms. The molecule has 0 aromatic carbocycles. The van der Waals surface area contributed by atoms with Crippen LogP contribution in [0.2, 0.25) is 0 Å².